The van der Waals surface area contributed by atoms with E-state index in [-0.39, 0.29) is 12.6 Å². The summed E-state index contributed by atoms with van der Waals surface area (Å²) in [7, 11) is 1.34. The van der Waals surface area contributed by atoms with Crippen molar-refractivity contribution in [3.8, 4) is 0 Å². The molecule has 1 heterocycles. The Labute approximate surface area is 138 Å². The Balaban J connectivity index is 2.51. The van der Waals surface area contributed by atoms with Gasteiger partial charge < -0.3 is 9.47 Å². The van der Waals surface area contributed by atoms with E-state index in [1.165, 1.54) is 12.0 Å². The minimum absolute atomic E-state index is 0.266. The summed E-state index contributed by atoms with van der Waals surface area (Å²) in [6.45, 7) is 3.75. The molecule has 22 heavy (non-hydrogen) atoms. The molecule has 0 saturated carbocycles. The van der Waals surface area contributed by atoms with Crippen LogP contribution in [0, 0.1) is 5.92 Å². The van der Waals surface area contributed by atoms with Crippen molar-refractivity contribution in [2.75, 3.05) is 13.7 Å². The Morgan fingerprint density at radius 3 is 2.68 bits per heavy atom. The zero-order chi connectivity index (χ0) is 16.3. The number of ether oxygens (including phenoxy) is 2. The van der Waals surface area contributed by atoms with Crippen LogP contribution in [-0.4, -0.2) is 30.7 Å². The van der Waals surface area contributed by atoms with Gasteiger partial charge in [0.15, 0.2) is 0 Å². The Morgan fingerprint density at radius 1 is 1.36 bits per heavy atom. The monoisotopic (exact) mass is 367 g/mol. The Hall–Kier alpha value is -1.82. The first-order valence-electron chi connectivity index (χ1n) is 7.00. The van der Waals surface area contributed by atoms with Crippen molar-refractivity contribution in [2.45, 2.75) is 19.9 Å². The molecule has 0 aliphatic carbocycles. The Morgan fingerprint density at radius 2 is 2.05 bits per heavy atom. The van der Waals surface area contributed by atoms with Gasteiger partial charge in [-0.25, -0.2) is 4.79 Å². The van der Waals surface area contributed by atoms with E-state index in [2.05, 4.69) is 15.9 Å². The van der Waals surface area contributed by atoms with E-state index in [1.54, 1.807) is 20.0 Å². The van der Waals surface area contributed by atoms with Crippen molar-refractivity contribution < 1.29 is 19.1 Å². The largest absolute Gasteiger partial charge is 0.469 e. The van der Waals surface area contributed by atoms with E-state index in [9.17, 15) is 9.59 Å². The van der Waals surface area contributed by atoms with Gasteiger partial charge in [0.25, 0.3) is 0 Å². The Kier molecular flexibility index (Phi) is 5.24. The molecule has 0 radical (unpaired) electrons. The van der Waals surface area contributed by atoms with Gasteiger partial charge in [-0.1, -0.05) is 24.3 Å². The molecule has 118 valence electrons. The van der Waals surface area contributed by atoms with Gasteiger partial charge in [0.1, 0.15) is 0 Å². The summed E-state index contributed by atoms with van der Waals surface area (Å²) in [6, 6.07) is 7.16. The van der Waals surface area contributed by atoms with Gasteiger partial charge in [0, 0.05) is 10.7 Å². The van der Waals surface area contributed by atoms with Gasteiger partial charge in [-0.15, -0.1) is 0 Å². The fourth-order valence-corrected chi connectivity index (χ4v) is 3.17. The highest BCUT2D eigenvalue weighted by Crippen LogP contribution is 2.41. The van der Waals surface area contributed by atoms with Crippen molar-refractivity contribution in [2.24, 2.45) is 5.92 Å². The average molecular weight is 368 g/mol. The fraction of sp³-hybridized carbons (Fsp3) is 0.375. The molecule has 1 aliphatic rings. The molecule has 0 fully saturated rings. The summed E-state index contributed by atoms with van der Waals surface area (Å²) in [4.78, 5) is 25.7. The number of benzene rings is 1. The number of nitrogens with zero attached hydrogens (tertiary/aromatic N) is 1. The van der Waals surface area contributed by atoms with Gasteiger partial charge >= 0.3 is 12.1 Å². The molecule has 0 N–H and O–H groups in total. The molecular weight excluding hydrogens is 350 g/mol. The van der Waals surface area contributed by atoms with Crippen LogP contribution in [0.5, 0.6) is 0 Å². The molecular formula is C16H18BrNO4. The number of fused-ring (bicyclic) bond motifs is 1. The number of methoxy groups -OCH3 is 1. The summed E-state index contributed by atoms with van der Waals surface area (Å²) in [5.74, 6) is -0.895. The second-order valence-corrected chi connectivity index (χ2v) is 5.78. The second-order valence-electron chi connectivity index (χ2n) is 4.93. The third kappa shape index (κ3) is 3.02. The normalized spacial score (nSPS) is 18.1. The number of carbonyl (C=O) groups is 2. The summed E-state index contributed by atoms with van der Waals surface area (Å²) in [6.07, 6.45) is 1.17. The third-order valence-electron chi connectivity index (χ3n) is 3.61. The highest BCUT2D eigenvalue weighted by Gasteiger charge is 2.38. The lowest BCUT2D eigenvalue weighted by atomic mass is 9.88. The maximum atomic E-state index is 12.3. The van der Waals surface area contributed by atoms with E-state index in [0.29, 0.717) is 0 Å². The van der Waals surface area contributed by atoms with Crippen LogP contribution in [0.25, 0.3) is 4.48 Å². The molecule has 1 amide bonds. The number of amides is 1. The van der Waals surface area contributed by atoms with Crippen LogP contribution in [0.4, 0.5) is 4.79 Å². The quantitative estimate of drug-likeness (QED) is 0.764. The summed E-state index contributed by atoms with van der Waals surface area (Å²) < 4.78 is 10.7. The van der Waals surface area contributed by atoms with Crippen LogP contribution < -0.4 is 0 Å². The van der Waals surface area contributed by atoms with Crippen molar-refractivity contribution in [1.82, 2.24) is 4.90 Å². The number of hydrogen-bond acceptors (Lipinski definition) is 4. The van der Waals surface area contributed by atoms with E-state index in [4.69, 9.17) is 9.47 Å². The fourth-order valence-electron chi connectivity index (χ4n) is 2.58. The first kappa shape index (κ1) is 16.5. The SMILES string of the molecule is CCOC(=O)N1C=C(Br)c2ccccc2C1C(C)C(=O)OC. The third-order valence-corrected chi connectivity index (χ3v) is 4.25. The number of halogens is 1. The van der Waals surface area contributed by atoms with Crippen molar-refractivity contribution in [3.05, 3.63) is 41.6 Å². The lowest BCUT2D eigenvalue weighted by Gasteiger charge is -2.36. The zero-order valence-electron chi connectivity index (χ0n) is 12.7. The second kappa shape index (κ2) is 6.96. The van der Waals surface area contributed by atoms with Crippen molar-refractivity contribution in [3.63, 3.8) is 0 Å². The van der Waals surface area contributed by atoms with Gasteiger partial charge in [0.05, 0.1) is 25.7 Å². The predicted molar refractivity (Wildman–Crippen MR) is 86.1 cm³/mol. The van der Waals surface area contributed by atoms with Crippen LogP contribution in [0.15, 0.2) is 30.5 Å². The lowest BCUT2D eigenvalue weighted by molar-refractivity contribution is -0.146. The summed E-state index contributed by atoms with van der Waals surface area (Å²) in [5, 5.41) is 0. The average Bonchev–Trinajstić information content (AvgIpc) is 2.53. The number of hydrogen-bond donors (Lipinski definition) is 0. The first-order valence-corrected chi connectivity index (χ1v) is 7.80. The molecule has 1 aromatic carbocycles. The van der Waals surface area contributed by atoms with E-state index < -0.39 is 18.1 Å². The molecule has 0 saturated heterocycles. The zero-order valence-corrected chi connectivity index (χ0v) is 14.3. The molecule has 6 heteroatoms. The lowest BCUT2D eigenvalue weighted by Crippen LogP contribution is -2.39. The molecule has 1 aliphatic heterocycles. The van der Waals surface area contributed by atoms with Crippen LogP contribution in [0.1, 0.15) is 31.0 Å². The molecule has 2 rings (SSSR count). The maximum Gasteiger partial charge on any atom is 0.414 e. The predicted octanol–water partition coefficient (Wildman–Crippen LogP) is 3.70. The van der Waals surface area contributed by atoms with Crippen LogP contribution in [-0.2, 0) is 14.3 Å². The van der Waals surface area contributed by atoms with E-state index in [1.807, 2.05) is 24.3 Å². The van der Waals surface area contributed by atoms with Gasteiger partial charge in [0.2, 0.25) is 0 Å². The van der Waals surface area contributed by atoms with Gasteiger partial charge in [-0.05, 0) is 40.9 Å². The van der Waals surface area contributed by atoms with Crippen LogP contribution in [0.2, 0.25) is 0 Å². The van der Waals surface area contributed by atoms with E-state index in [0.717, 1.165) is 15.6 Å². The molecule has 0 spiro atoms. The highest BCUT2D eigenvalue weighted by molar-refractivity contribution is 9.15. The highest BCUT2D eigenvalue weighted by atomic mass is 79.9. The molecule has 1 aromatic rings. The van der Waals surface area contributed by atoms with Crippen molar-refractivity contribution in [1.29, 1.82) is 0 Å². The minimum atomic E-state index is -0.521. The van der Waals surface area contributed by atoms with Crippen molar-refractivity contribution >= 4 is 32.5 Å². The van der Waals surface area contributed by atoms with E-state index >= 15 is 0 Å². The van der Waals surface area contributed by atoms with Crippen LogP contribution >= 0.6 is 15.9 Å². The van der Waals surface area contributed by atoms with Crippen LogP contribution in [0.3, 0.4) is 0 Å². The molecule has 5 nitrogen and oxygen atoms in total. The summed E-state index contributed by atoms with van der Waals surface area (Å²) >= 11 is 3.47. The number of rotatable bonds is 3. The minimum Gasteiger partial charge on any atom is -0.469 e. The number of carbonyl (C=O) groups excluding carboxylic acids is 2. The van der Waals surface area contributed by atoms with Gasteiger partial charge in [-0.2, -0.15) is 0 Å². The topological polar surface area (TPSA) is 55.8 Å². The summed E-state index contributed by atoms with van der Waals surface area (Å²) in [5.41, 5.74) is 1.83. The molecule has 0 aromatic heterocycles. The molecule has 0 bridgehead atoms. The first-order chi connectivity index (χ1) is 10.5. The molecule has 2 unspecified atom stereocenters. The smallest absolute Gasteiger partial charge is 0.414 e. The standard InChI is InChI=1S/C16H18BrNO4/c1-4-22-16(20)18-9-13(17)11-7-5-6-8-12(11)14(18)10(2)15(19)21-3/h5-10,14H,4H2,1-3H3. The van der Waals surface area contributed by atoms with Gasteiger partial charge in [-0.3, -0.25) is 9.69 Å². The molecule has 2 atom stereocenters. The number of esters is 1. The Bertz CT molecular complexity index is 614. The maximum absolute atomic E-state index is 12.3.